The Morgan fingerprint density at radius 3 is 2.47 bits per heavy atom. The van der Waals surface area contributed by atoms with Crippen LogP contribution in [0, 0.1) is 11.8 Å². The van der Waals surface area contributed by atoms with Gasteiger partial charge in [0.2, 0.25) is 0 Å². The number of nitrogens with one attached hydrogen (secondary N) is 1. The third kappa shape index (κ3) is 2.25. The number of hydrogen-bond acceptors (Lipinski definition) is 2. The molecule has 2 aliphatic rings. The normalized spacial score (nSPS) is 41.7. The Labute approximate surface area is 92.8 Å². The van der Waals surface area contributed by atoms with Crippen LogP contribution in [0.4, 0.5) is 0 Å². The topological polar surface area (TPSA) is 29.1 Å². The van der Waals surface area contributed by atoms with Crippen LogP contribution < -0.4 is 5.32 Å². The van der Waals surface area contributed by atoms with E-state index in [9.17, 15) is 4.79 Å². The molecule has 1 aliphatic carbocycles. The zero-order valence-electron chi connectivity index (χ0n) is 10.0. The molecule has 0 bridgehead atoms. The minimum absolute atomic E-state index is 0.189. The van der Waals surface area contributed by atoms with Crippen molar-refractivity contribution >= 4 is 5.78 Å². The van der Waals surface area contributed by atoms with Crippen molar-refractivity contribution in [1.82, 2.24) is 5.32 Å². The Kier molecular flexibility index (Phi) is 3.15. The van der Waals surface area contributed by atoms with E-state index in [1.165, 1.54) is 12.8 Å². The van der Waals surface area contributed by atoms with Gasteiger partial charge in [0.05, 0.1) is 5.54 Å². The van der Waals surface area contributed by atoms with Gasteiger partial charge in [-0.3, -0.25) is 4.79 Å². The first-order chi connectivity index (χ1) is 7.12. The van der Waals surface area contributed by atoms with E-state index in [2.05, 4.69) is 19.2 Å². The van der Waals surface area contributed by atoms with Crippen LogP contribution in [0.15, 0.2) is 0 Å². The highest BCUT2D eigenvalue weighted by atomic mass is 16.1. The van der Waals surface area contributed by atoms with Crippen LogP contribution in [0.2, 0.25) is 0 Å². The van der Waals surface area contributed by atoms with E-state index in [0.29, 0.717) is 11.7 Å². The quantitative estimate of drug-likeness (QED) is 0.757. The summed E-state index contributed by atoms with van der Waals surface area (Å²) in [5.74, 6) is 1.67. The molecule has 86 valence electrons. The minimum Gasteiger partial charge on any atom is -0.305 e. The lowest BCUT2D eigenvalue weighted by Crippen LogP contribution is -2.48. The van der Waals surface area contributed by atoms with Gasteiger partial charge in [-0.05, 0) is 45.1 Å². The molecule has 1 heterocycles. The molecular formula is C13H23NO. The first-order valence-corrected chi connectivity index (χ1v) is 6.41. The van der Waals surface area contributed by atoms with Gasteiger partial charge in [-0.2, -0.15) is 0 Å². The summed E-state index contributed by atoms with van der Waals surface area (Å²) in [6.45, 7) is 5.42. The molecule has 0 spiro atoms. The standard InChI is InChI=1S/C13H23NO/c1-10-4-6-11(7-5-10)12(15)13(2)8-3-9-14-13/h10-11,14H,3-9H2,1-2H3. The van der Waals surface area contributed by atoms with Crippen molar-refractivity contribution in [3.8, 4) is 0 Å². The molecule has 1 aliphatic heterocycles. The summed E-state index contributed by atoms with van der Waals surface area (Å²) in [5, 5.41) is 3.39. The Hall–Kier alpha value is -0.370. The lowest BCUT2D eigenvalue weighted by atomic mass is 9.75. The van der Waals surface area contributed by atoms with Gasteiger partial charge in [-0.15, -0.1) is 0 Å². The fraction of sp³-hybridized carbons (Fsp3) is 0.923. The third-order valence-corrected chi connectivity index (χ3v) is 4.30. The molecule has 0 amide bonds. The second-order valence-corrected chi connectivity index (χ2v) is 5.68. The Balaban J connectivity index is 1.95. The Morgan fingerprint density at radius 1 is 1.27 bits per heavy atom. The largest absolute Gasteiger partial charge is 0.305 e. The Bertz CT molecular complexity index is 235. The summed E-state index contributed by atoms with van der Waals surface area (Å²) in [4.78, 5) is 12.4. The zero-order valence-corrected chi connectivity index (χ0v) is 10.0. The van der Waals surface area contributed by atoms with E-state index < -0.39 is 0 Å². The SMILES string of the molecule is CC1CCC(C(=O)C2(C)CCCN2)CC1. The summed E-state index contributed by atoms with van der Waals surface area (Å²) in [5.41, 5.74) is -0.189. The van der Waals surface area contributed by atoms with Gasteiger partial charge < -0.3 is 5.32 Å². The lowest BCUT2D eigenvalue weighted by Gasteiger charge is -2.32. The zero-order chi connectivity index (χ0) is 10.9. The molecule has 1 saturated heterocycles. The van der Waals surface area contributed by atoms with E-state index in [1.54, 1.807) is 0 Å². The monoisotopic (exact) mass is 209 g/mol. The maximum Gasteiger partial charge on any atom is 0.155 e. The van der Waals surface area contributed by atoms with Crippen LogP contribution >= 0.6 is 0 Å². The highest BCUT2D eigenvalue weighted by Crippen LogP contribution is 2.33. The van der Waals surface area contributed by atoms with Crippen LogP contribution in [0.25, 0.3) is 0 Å². The maximum absolute atomic E-state index is 12.4. The summed E-state index contributed by atoms with van der Waals surface area (Å²) in [7, 11) is 0. The summed E-state index contributed by atoms with van der Waals surface area (Å²) >= 11 is 0. The minimum atomic E-state index is -0.189. The van der Waals surface area contributed by atoms with Crippen LogP contribution in [0.1, 0.15) is 52.4 Å². The second-order valence-electron chi connectivity index (χ2n) is 5.68. The third-order valence-electron chi connectivity index (χ3n) is 4.30. The molecule has 2 fully saturated rings. The van der Waals surface area contributed by atoms with Gasteiger partial charge in [-0.1, -0.05) is 19.8 Å². The molecular weight excluding hydrogens is 186 g/mol. The number of Topliss-reactive ketones (excluding diaryl/α,β-unsaturated/α-hetero) is 1. The Morgan fingerprint density at radius 2 is 1.93 bits per heavy atom. The molecule has 2 nitrogen and oxygen atoms in total. The van der Waals surface area contributed by atoms with E-state index in [1.807, 2.05) is 0 Å². The fourth-order valence-electron chi connectivity index (χ4n) is 3.08. The average molecular weight is 209 g/mol. The first kappa shape index (κ1) is 11.1. The average Bonchev–Trinajstić information content (AvgIpc) is 2.67. The number of hydrogen-bond donors (Lipinski definition) is 1. The first-order valence-electron chi connectivity index (χ1n) is 6.41. The van der Waals surface area contributed by atoms with Gasteiger partial charge in [0, 0.05) is 5.92 Å². The highest BCUT2D eigenvalue weighted by molar-refractivity contribution is 5.90. The molecule has 0 aromatic rings. The van der Waals surface area contributed by atoms with Crippen molar-refractivity contribution < 1.29 is 4.79 Å². The fourth-order valence-corrected chi connectivity index (χ4v) is 3.08. The molecule has 1 atom stereocenters. The smallest absolute Gasteiger partial charge is 0.155 e. The summed E-state index contributed by atoms with van der Waals surface area (Å²) in [6, 6.07) is 0. The molecule has 1 N–H and O–H groups in total. The highest BCUT2D eigenvalue weighted by Gasteiger charge is 2.40. The van der Waals surface area contributed by atoms with Crippen molar-refractivity contribution in [2.45, 2.75) is 57.9 Å². The van der Waals surface area contributed by atoms with Crippen LogP contribution in [-0.2, 0) is 4.79 Å². The predicted molar refractivity (Wildman–Crippen MR) is 61.8 cm³/mol. The van der Waals surface area contributed by atoms with E-state index >= 15 is 0 Å². The van der Waals surface area contributed by atoms with Gasteiger partial charge in [0.1, 0.15) is 0 Å². The van der Waals surface area contributed by atoms with Crippen molar-refractivity contribution in [1.29, 1.82) is 0 Å². The number of carbonyl (C=O) groups excluding carboxylic acids is 1. The molecule has 15 heavy (non-hydrogen) atoms. The predicted octanol–water partition coefficient (Wildman–Crippen LogP) is 2.52. The van der Waals surface area contributed by atoms with Crippen molar-refractivity contribution in [2.75, 3.05) is 6.54 Å². The molecule has 2 heteroatoms. The number of ketones is 1. The summed E-state index contributed by atoms with van der Waals surface area (Å²) < 4.78 is 0. The van der Waals surface area contributed by atoms with Crippen molar-refractivity contribution in [3.63, 3.8) is 0 Å². The van der Waals surface area contributed by atoms with Gasteiger partial charge in [0.15, 0.2) is 5.78 Å². The van der Waals surface area contributed by atoms with Crippen LogP contribution in [0.3, 0.4) is 0 Å². The lowest BCUT2D eigenvalue weighted by molar-refractivity contribution is -0.129. The number of carbonyl (C=O) groups is 1. The maximum atomic E-state index is 12.4. The van der Waals surface area contributed by atoms with Crippen molar-refractivity contribution in [2.24, 2.45) is 11.8 Å². The van der Waals surface area contributed by atoms with E-state index in [-0.39, 0.29) is 5.54 Å². The van der Waals surface area contributed by atoms with E-state index in [0.717, 1.165) is 38.1 Å². The molecule has 1 unspecified atom stereocenters. The van der Waals surface area contributed by atoms with Gasteiger partial charge in [-0.25, -0.2) is 0 Å². The molecule has 0 radical (unpaired) electrons. The van der Waals surface area contributed by atoms with Gasteiger partial charge in [0.25, 0.3) is 0 Å². The van der Waals surface area contributed by atoms with Crippen molar-refractivity contribution in [3.05, 3.63) is 0 Å². The second kappa shape index (κ2) is 4.25. The number of rotatable bonds is 2. The van der Waals surface area contributed by atoms with Crippen LogP contribution in [-0.4, -0.2) is 17.9 Å². The van der Waals surface area contributed by atoms with E-state index in [4.69, 9.17) is 0 Å². The van der Waals surface area contributed by atoms with Gasteiger partial charge >= 0.3 is 0 Å². The molecule has 2 rings (SSSR count). The molecule has 1 saturated carbocycles. The molecule has 0 aromatic carbocycles. The molecule has 0 aromatic heterocycles. The van der Waals surface area contributed by atoms with Crippen LogP contribution in [0.5, 0.6) is 0 Å². The summed E-state index contributed by atoms with van der Waals surface area (Å²) in [6.07, 6.45) is 6.93.